The summed E-state index contributed by atoms with van der Waals surface area (Å²) in [7, 11) is 1.32. The lowest BCUT2D eigenvalue weighted by molar-refractivity contribution is -0.133. The zero-order valence-corrected chi connectivity index (χ0v) is 16.2. The second-order valence-electron chi connectivity index (χ2n) is 5.91. The standard InChI is InChI=1S/C11H11ClO2.C10H10O3/c1-11(13-6-7-14-11)10-4-2-9(8-12)3-5-10;1-7(11)8-3-5-9(6-4-8)10(12)13-2/h2-7H,8H2,1H3;3-6H,1-2H3. The van der Waals surface area contributed by atoms with Crippen LogP contribution < -0.4 is 0 Å². The number of hydrogen-bond acceptors (Lipinski definition) is 5. The number of halogens is 1. The number of esters is 1. The van der Waals surface area contributed by atoms with E-state index in [2.05, 4.69) is 4.74 Å². The Morgan fingerprint density at radius 3 is 1.93 bits per heavy atom. The Labute approximate surface area is 163 Å². The van der Waals surface area contributed by atoms with E-state index in [0.717, 1.165) is 11.1 Å². The van der Waals surface area contributed by atoms with Gasteiger partial charge in [-0.3, -0.25) is 4.79 Å². The van der Waals surface area contributed by atoms with Crippen LogP contribution in [-0.4, -0.2) is 18.9 Å². The van der Waals surface area contributed by atoms with Gasteiger partial charge in [0.05, 0.1) is 12.7 Å². The zero-order valence-electron chi connectivity index (χ0n) is 15.4. The Balaban J connectivity index is 0.000000194. The average molecular weight is 389 g/mol. The van der Waals surface area contributed by atoms with Crippen molar-refractivity contribution in [2.45, 2.75) is 25.5 Å². The molecule has 0 aromatic heterocycles. The van der Waals surface area contributed by atoms with Crippen LogP contribution in [0.4, 0.5) is 0 Å². The van der Waals surface area contributed by atoms with Crippen LogP contribution in [0.15, 0.2) is 61.1 Å². The summed E-state index contributed by atoms with van der Waals surface area (Å²) in [4.78, 5) is 21.9. The molecular formula is C21H21ClO5. The molecule has 0 aliphatic carbocycles. The minimum atomic E-state index is -0.676. The molecule has 1 aliphatic heterocycles. The van der Waals surface area contributed by atoms with Gasteiger partial charge in [0.15, 0.2) is 5.78 Å². The maximum absolute atomic E-state index is 11.0. The summed E-state index contributed by atoms with van der Waals surface area (Å²) in [5, 5.41) is 0. The van der Waals surface area contributed by atoms with Crippen LogP contribution in [0.5, 0.6) is 0 Å². The third-order valence-corrected chi connectivity index (χ3v) is 4.30. The molecule has 0 spiro atoms. The van der Waals surface area contributed by atoms with Crippen molar-refractivity contribution in [3.05, 3.63) is 83.3 Å². The van der Waals surface area contributed by atoms with Crippen LogP contribution >= 0.6 is 11.6 Å². The third-order valence-electron chi connectivity index (χ3n) is 3.99. The summed E-state index contributed by atoms with van der Waals surface area (Å²) in [6.07, 6.45) is 3.10. The van der Waals surface area contributed by atoms with Gasteiger partial charge in [-0.1, -0.05) is 36.4 Å². The smallest absolute Gasteiger partial charge is 0.337 e. The Hall–Kier alpha value is -2.79. The highest BCUT2D eigenvalue weighted by atomic mass is 35.5. The van der Waals surface area contributed by atoms with Crippen molar-refractivity contribution in [1.82, 2.24) is 0 Å². The number of ketones is 1. The fraction of sp³-hybridized carbons (Fsp3) is 0.238. The van der Waals surface area contributed by atoms with Gasteiger partial charge in [0, 0.05) is 23.9 Å². The molecule has 0 radical (unpaired) electrons. The molecule has 6 heteroatoms. The predicted molar refractivity (Wildman–Crippen MR) is 102 cm³/mol. The number of carbonyl (C=O) groups is 2. The largest absolute Gasteiger partial charge is 0.465 e. The van der Waals surface area contributed by atoms with Gasteiger partial charge in [-0.25, -0.2) is 4.79 Å². The maximum atomic E-state index is 11.0. The van der Waals surface area contributed by atoms with Crippen LogP contribution in [0.2, 0.25) is 0 Å². The first-order valence-corrected chi connectivity index (χ1v) is 8.78. The van der Waals surface area contributed by atoms with Gasteiger partial charge in [-0.15, -0.1) is 11.6 Å². The number of ether oxygens (including phenoxy) is 3. The monoisotopic (exact) mass is 388 g/mol. The Kier molecular flexibility index (Phi) is 7.02. The molecule has 0 saturated heterocycles. The molecule has 2 aromatic rings. The van der Waals surface area contributed by atoms with E-state index < -0.39 is 11.8 Å². The van der Waals surface area contributed by atoms with Gasteiger partial charge >= 0.3 is 5.97 Å². The van der Waals surface area contributed by atoms with E-state index in [4.69, 9.17) is 21.1 Å². The molecule has 27 heavy (non-hydrogen) atoms. The van der Waals surface area contributed by atoms with E-state index in [1.54, 1.807) is 36.8 Å². The molecule has 0 bridgehead atoms. The molecule has 3 rings (SSSR count). The molecule has 0 fully saturated rings. The number of methoxy groups -OCH3 is 1. The third kappa shape index (κ3) is 5.34. The molecule has 0 unspecified atom stereocenters. The summed E-state index contributed by atoms with van der Waals surface area (Å²) in [6.45, 7) is 3.36. The Bertz CT molecular complexity index is 801. The average Bonchev–Trinajstić information content (AvgIpc) is 3.15. The van der Waals surface area contributed by atoms with Gasteiger partial charge in [-0.2, -0.15) is 0 Å². The minimum absolute atomic E-state index is 0.0172. The molecule has 0 saturated carbocycles. The van der Waals surface area contributed by atoms with E-state index in [-0.39, 0.29) is 5.78 Å². The highest BCUT2D eigenvalue weighted by Gasteiger charge is 2.31. The lowest BCUT2D eigenvalue weighted by Gasteiger charge is -2.23. The summed E-state index contributed by atoms with van der Waals surface area (Å²) in [6, 6.07) is 14.2. The van der Waals surface area contributed by atoms with E-state index in [1.165, 1.54) is 14.0 Å². The van der Waals surface area contributed by atoms with Crippen molar-refractivity contribution in [1.29, 1.82) is 0 Å². The van der Waals surface area contributed by atoms with Crippen LogP contribution in [0.25, 0.3) is 0 Å². The number of rotatable bonds is 4. The summed E-state index contributed by atoms with van der Waals surface area (Å²) in [5.41, 5.74) is 3.11. The number of hydrogen-bond donors (Lipinski definition) is 0. The molecule has 2 aromatic carbocycles. The van der Waals surface area contributed by atoms with E-state index in [0.29, 0.717) is 17.0 Å². The topological polar surface area (TPSA) is 61.8 Å². The first-order chi connectivity index (χ1) is 12.9. The summed E-state index contributed by atoms with van der Waals surface area (Å²) >= 11 is 5.70. The number of alkyl halides is 1. The molecule has 0 amide bonds. The molecule has 142 valence electrons. The highest BCUT2D eigenvalue weighted by molar-refractivity contribution is 6.17. The van der Waals surface area contributed by atoms with Gasteiger partial charge in [0.2, 0.25) is 0 Å². The van der Waals surface area contributed by atoms with E-state index >= 15 is 0 Å². The molecule has 5 nitrogen and oxygen atoms in total. The first-order valence-electron chi connectivity index (χ1n) is 8.25. The van der Waals surface area contributed by atoms with Gasteiger partial charge < -0.3 is 14.2 Å². The lowest BCUT2D eigenvalue weighted by atomic mass is 10.1. The summed E-state index contributed by atoms with van der Waals surface area (Å²) in [5.74, 6) is -0.562. The van der Waals surface area contributed by atoms with Gasteiger partial charge in [0.25, 0.3) is 5.79 Å². The molecule has 1 aliphatic rings. The van der Waals surface area contributed by atoms with Crippen molar-refractivity contribution in [2.75, 3.05) is 7.11 Å². The fourth-order valence-electron chi connectivity index (χ4n) is 2.33. The predicted octanol–water partition coefficient (Wildman–Crippen LogP) is 4.79. The van der Waals surface area contributed by atoms with Crippen molar-refractivity contribution in [3.63, 3.8) is 0 Å². The van der Waals surface area contributed by atoms with Crippen molar-refractivity contribution in [3.8, 4) is 0 Å². The van der Waals surface area contributed by atoms with Crippen LogP contribution in [0, 0.1) is 0 Å². The molecular weight excluding hydrogens is 368 g/mol. The van der Waals surface area contributed by atoms with Crippen LogP contribution in [0.3, 0.4) is 0 Å². The highest BCUT2D eigenvalue weighted by Crippen LogP contribution is 2.31. The molecule has 0 N–H and O–H groups in total. The number of Topliss-reactive ketones (excluding diaryl/α,β-unsaturated/α-hetero) is 1. The van der Waals surface area contributed by atoms with Crippen LogP contribution in [-0.2, 0) is 25.9 Å². The Morgan fingerprint density at radius 1 is 0.963 bits per heavy atom. The second kappa shape index (κ2) is 9.24. The lowest BCUT2D eigenvalue weighted by Crippen LogP contribution is -2.21. The minimum Gasteiger partial charge on any atom is -0.465 e. The summed E-state index contributed by atoms with van der Waals surface area (Å²) < 4.78 is 15.2. The second-order valence-corrected chi connectivity index (χ2v) is 6.18. The van der Waals surface area contributed by atoms with E-state index in [1.807, 2.05) is 31.2 Å². The Morgan fingerprint density at radius 2 is 1.48 bits per heavy atom. The van der Waals surface area contributed by atoms with Crippen molar-refractivity contribution >= 4 is 23.4 Å². The van der Waals surface area contributed by atoms with Crippen molar-refractivity contribution < 1.29 is 23.8 Å². The molecule has 1 heterocycles. The fourth-order valence-corrected chi connectivity index (χ4v) is 2.51. The number of carbonyl (C=O) groups excluding carboxylic acids is 2. The SMILES string of the molecule is CC1(c2ccc(CCl)cc2)OC=CO1.COC(=O)c1ccc(C(C)=O)cc1. The van der Waals surface area contributed by atoms with Gasteiger partial charge in [0.1, 0.15) is 12.5 Å². The van der Waals surface area contributed by atoms with Crippen LogP contribution in [0.1, 0.15) is 45.7 Å². The normalized spacial score (nSPS) is 13.6. The quantitative estimate of drug-likeness (QED) is 0.428. The molecule has 0 atom stereocenters. The van der Waals surface area contributed by atoms with E-state index in [9.17, 15) is 9.59 Å². The van der Waals surface area contributed by atoms with Gasteiger partial charge in [-0.05, 0) is 24.6 Å². The first kappa shape index (κ1) is 20.5. The number of benzene rings is 2. The van der Waals surface area contributed by atoms with Crippen molar-refractivity contribution in [2.24, 2.45) is 0 Å². The zero-order chi connectivity index (χ0) is 19.9. The maximum Gasteiger partial charge on any atom is 0.337 e.